The molecule has 5 heteroatoms. The molecule has 5 nitrogen and oxygen atoms in total. The maximum Gasteiger partial charge on any atom is 0.256 e. The number of para-hydroxylation sites is 2. The van der Waals surface area contributed by atoms with Crippen LogP contribution in [0.15, 0.2) is 54.6 Å². The van der Waals surface area contributed by atoms with Crippen LogP contribution >= 0.6 is 0 Å². The van der Waals surface area contributed by atoms with Crippen molar-refractivity contribution >= 4 is 11.6 Å². The zero-order valence-electron chi connectivity index (χ0n) is 17.3. The molecule has 30 heavy (non-hydrogen) atoms. The Bertz CT molecular complexity index is 965. The summed E-state index contributed by atoms with van der Waals surface area (Å²) in [5.41, 5.74) is 4.11. The summed E-state index contributed by atoms with van der Waals surface area (Å²) in [4.78, 5) is 15.3. The third-order valence-corrected chi connectivity index (χ3v) is 6.48. The van der Waals surface area contributed by atoms with Crippen LogP contribution in [0.2, 0.25) is 0 Å². The molecule has 5 rings (SSSR count). The van der Waals surface area contributed by atoms with Gasteiger partial charge < -0.3 is 19.7 Å². The Morgan fingerprint density at radius 1 is 1.13 bits per heavy atom. The standard InChI is InChI=1S/C25H28N2O3/c1-2-30-22-12-4-3-7-20(22)23-18-9-5-8-17(18)19-10-6-11-21(24(19)26-23)25(28)27-13-15-29-16-14-27/h3-8,10-12,17-18,23,26H,2,9,13-16H2,1H3. The van der Waals surface area contributed by atoms with Gasteiger partial charge in [-0.25, -0.2) is 0 Å². The molecule has 1 fully saturated rings. The zero-order chi connectivity index (χ0) is 20.5. The molecule has 0 spiro atoms. The van der Waals surface area contributed by atoms with Crippen LogP contribution in [0.1, 0.15) is 46.8 Å². The Kier molecular flexibility index (Phi) is 5.21. The van der Waals surface area contributed by atoms with Crippen molar-refractivity contribution in [3.05, 3.63) is 71.3 Å². The fraction of sp³-hybridized carbons (Fsp3) is 0.400. The second kappa shape index (κ2) is 8.15. The highest BCUT2D eigenvalue weighted by Gasteiger charge is 2.40. The fourth-order valence-corrected chi connectivity index (χ4v) is 5.07. The zero-order valence-corrected chi connectivity index (χ0v) is 17.3. The minimum atomic E-state index is 0.0833. The molecule has 156 valence electrons. The van der Waals surface area contributed by atoms with Crippen LogP contribution in [0.3, 0.4) is 0 Å². The van der Waals surface area contributed by atoms with Crippen molar-refractivity contribution in [2.24, 2.45) is 5.92 Å². The molecule has 3 unspecified atom stereocenters. The predicted octanol–water partition coefficient (Wildman–Crippen LogP) is 4.38. The Hall–Kier alpha value is -2.79. The number of hydrogen-bond acceptors (Lipinski definition) is 4. The monoisotopic (exact) mass is 404 g/mol. The maximum atomic E-state index is 13.4. The summed E-state index contributed by atoms with van der Waals surface area (Å²) in [6.07, 6.45) is 5.60. The minimum absolute atomic E-state index is 0.0833. The van der Waals surface area contributed by atoms with E-state index in [4.69, 9.17) is 9.47 Å². The number of nitrogens with zero attached hydrogens (tertiary/aromatic N) is 1. The van der Waals surface area contributed by atoms with Gasteiger partial charge in [0.2, 0.25) is 0 Å². The van der Waals surface area contributed by atoms with Crippen molar-refractivity contribution in [1.82, 2.24) is 4.90 Å². The molecule has 3 atom stereocenters. The van der Waals surface area contributed by atoms with Crippen molar-refractivity contribution in [3.8, 4) is 5.75 Å². The number of fused-ring (bicyclic) bond motifs is 3. The number of rotatable bonds is 4. The summed E-state index contributed by atoms with van der Waals surface area (Å²) >= 11 is 0. The van der Waals surface area contributed by atoms with Gasteiger partial charge in [-0.15, -0.1) is 0 Å². The van der Waals surface area contributed by atoms with Crippen LogP contribution in [-0.4, -0.2) is 43.7 Å². The van der Waals surface area contributed by atoms with Gasteiger partial charge in [0.25, 0.3) is 5.91 Å². The first kappa shape index (κ1) is 19.2. The van der Waals surface area contributed by atoms with Gasteiger partial charge in [0.1, 0.15) is 5.75 Å². The lowest BCUT2D eigenvalue weighted by Gasteiger charge is -2.39. The van der Waals surface area contributed by atoms with E-state index in [1.165, 1.54) is 5.56 Å². The topological polar surface area (TPSA) is 50.8 Å². The highest BCUT2D eigenvalue weighted by molar-refractivity contribution is 6.01. The van der Waals surface area contributed by atoms with E-state index in [1.807, 2.05) is 36.1 Å². The molecule has 1 amide bonds. The van der Waals surface area contributed by atoms with Crippen molar-refractivity contribution < 1.29 is 14.3 Å². The largest absolute Gasteiger partial charge is 0.494 e. The van der Waals surface area contributed by atoms with E-state index in [0.29, 0.717) is 44.7 Å². The predicted molar refractivity (Wildman–Crippen MR) is 117 cm³/mol. The number of carbonyl (C=O) groups excluding carboxylic acids is 1. The number of nitrogens with one attached hydrogen (secondary N) is 1. The third kappa shape index (κ3) is 3.27. The van der Waals surface area contributed by atoms with Crippen molar-refractivity contribution in [1.29, 1.82) is 0 Å². The molecule has 3 aliphatic rings. The van der Waals surface area contributed by atoms with Crippen LogP contribution in [0.4, 0.5) is 5.69 Å². The van der Waals surface area contributed by atoms with Gasteiger partial charge >= 0.3 is 0 Å². The van der Waals surface area contributed by atoms with Crippen LogP contribution in [0.25, 0.3) is 0 Å². The molecule has 2 aromatic carbocycles. The van der Waals surface area contributed by atoms with Gasteiger partial charge in [0, 0.05) is 24.6 Å². The Morgan fingerprint density at radius 2 is 1.93 bits per heavy atom. The lowest BCUT2D eigenvalue weighted by molar-refractivity contribution is 0.0303. The van der Waals surface area contributed by atoms with E-state index in [1.54, 1.807) is 0 Å². The lowest BCUT2D eigenvalue weighted by atomic mass is 9.76. The summed E-state index contributed by atoms with van der Waals surface area (Å²) in [5, 5.41) is 3.77. The van der Waals surface area contributed by atoms with E-state index in [9.17, 15) is 4.79 Å². The quantitative estimate of drug-likeness (QED) is 0.768. The Balaban J connectivity index is 1.56. The molecule has 0 saturated carbocycles. The van der Waals surface area contributed by atoms with Gasteiger partial charge in [-0.05, 0) is 37.0 Å². The van der Waals surface area contributed by atoms with E-state index in [2.05, 4.69) is 35.7 Å². The minimum Gasteiger partial charge on any atom is -0.494 e. The van der Waals surface area contributed by atoms with E-state index in [0.717, 1.165) is 29.0 Å². The molecule has 2 aromatic rings. The average molecular weight is 405 g/mol. The van der Waals surface area contributed by atoms with Crippen LogP contribution in [0.5, 0.6) is 5.75 Å². The molecule has 1 saturated heterocycles. The molecule has 0 aromatic heterocycles. The van der Waals surface area contributed by atoms with Gasteiger partial charge in [0.15, 0.2) is 0 Å². The van der Waals surface area contributed by atoms with Crippen LogP contribution in [-0.2, 0) is 4.74 Å². The number of morpholine rings is 1. The Labute approximate surface area is 177 Å². The number of allylic oxidation sites excluding steroid dienone is 2. The average Bonchev–Trinajstić information content (AvgIpc) is 3.29. The van der Waals surface area contributed by atoms with Crippen LogP contribution < -0.4 is 10.1 Å². The number of amides is 1. The summed E-state index contributed by atoms with van der Waals surface area (Å²) in [7, 11) is 0. The van der Waals surface area contributed by atoms with Gasteiger partial charge in [-0.1, -0.05) is 42.5 Å². The third-order valence-electron chi connectivity index (χ3n) is 6.48. The van der Waals surface area contributed by atoms with Gasteiger partial charge in [-0.3, -0.25) is 4.79 Å². The number of hydrogen-bond donors (Lipinski definition) is 1. The maximum absolute atomic E-state index is 13.4. The highest BCUT2D eigenvalue weighted by atomic mass is 16.5. The molecular formula is C25H28N2O3. The van der Waals surface area contributed by atoms with Crippen molar-refractivity contribution in [2.45, 2.75) is 25.3 Å². The second-order valence-electron chi connectivity index (χ2n) is 8.12. The van der Waals surface area contributed by atoms with Crippen molar-refractivity contribution in [3.63, 3.8) is 0 Å². The summed E-state index contributed by atoms with van der Waals surface area (Å²) in [6, 6.07) is 14.5. The molecule has 1 N–H and O–H groups in total. The lowest BCUT2D eigenvalue weighted by Crippen LogP contribution is -2.41. The van der Waals surface area contributed by atoms with E-state index >= 15 is 0 Å². The Morgan fingerprint density at radius 3 is 2.77 bits per heavy atom. The number of carbonyl (C=O) groups is 1. The fourth-order valence-electron chi connectivity index (χ4n) is 5.07. The molecule has 2 aliphatic heterocycles. The molecule has 1 aliphatic carbocycles. The summed E-state index contributed by atoms with van der Waals surface area (Å²) < 4.78 is 11.4. The van der Waals surface area contributed by atoms with E-state index in [-0.39, 0.29) is 11.9 Å². The smallest absolute Gasteiger partial charge is 0.256 e. The molecule has 2 heterocycles. The summed E-state index contributed by atoms with van der Waals surface area (Å²) in [5.74, 6) is 1.72. The van der Waals surface area contributed by atoms with Gasteiger partial charge in [-0.2, -0.15) is 0 Å². The van der Waals surface area contributed by atoms with Gasteiger partial charge in [0.05, 0.1) is 37.1 Å². The normalized spacial score (nSPS) is 24.7. The summed E-state index contributed by atoms with van der Waals surface area (Å²) in [6.45, 7) is 5.14. The number of benzene rings is 2. The first-order valence-corrected chi connectivity index (χ1v) is 10.9. The number of anilines is 1. The second-order valence-corrected chi connectivity index (χ2v) is 8.12. The van der Waals surface area contributed by atoms with Crippen molar-refractivity contribution in [2.75, 3.05) is 38.2 Å². The molecule has 0 radical (unpaired) electrons. The number of ether oxygens (including phenoxy) is 2. The molecular weight excluding hydrogens is 376 g/mol. The SMILES string of the molecule is CCOc1ccccc1C1Nc2c(C(=O)N3CCOCC3)cccc2C2C=CCC21. The molecule has 0 bridgehead atoms. The first-order valence-electron chi connectivity index (χ1n) is 10.9. The van der Waals surface area contributed by atoms with E-state index < -0.39 is 0 Å². The van der Waals surface area contributed by atoms with Crippen LogP contribution in [0, 0.1) is 5.92 Å². The first-order chi connectivity index (χ1) is 14.8. The highest BCUT2D eigenvalue weighted by Crippen LogP contribution is 2.52.